The van der Waals surface area contributed by atoms with Crippen LogP contribution in [-0.4, -0.2) is 86.2 Å². The molecule has 0 saturated heterocycles. The normalized spacial score (nSPS) is 12.8. The van der Waals surface area contributed by atoms with E-state index in [0.717, 1.165) is 77.2 Å². The molecule has 0 aromatic heterocycles. The van der Waals surface area contributed by atoms with Crippen molar-refractivity contribution in [1.82, 2.24) is 9.80 Å². The molecule has 0 aliphatic rings. The third-order valence-corrected chi connectivity index (χ3v) is 8.25. The van der Waals surface area contributed by atoms with E-state index in [0.29, 0.717) is 25.8 Å². The molecule has 49 heavy (non-hydrogen) atoms. The average Bonchev–Trinajstić information content (AvgIpc) is 3.06. The quantitative estimate of drug-likeness (QED) is 0.0299. The van der Waals surface area contributed by atoms with Crippen LogP contribution < -0.4 is 0 Å². The van der Waals surface area contributed by atoms with E-state index in [4.69, 9.17) is 14.2 Å². The highest BCUT2D eigenvalue weighted by Crippen LogP contribution is 2.14. The van der Waals surface area contributed by atoms with Crippen molar-refractivity contribution in [1.29, 1.82) is 0 Å². The number of carbonyl (C=O) groups excluding carboxylic acids is 4. The van der Waals surface area contributed by atoms with E-state index in [2.05, 4.69) is 38.2 Å². The molecule has 0 radical (unpaired) electrons. The van der Waals surface area contributed by atoms with Gasteiger partial charge in [-0.2, -0.15) is 0 Å². The number of hydrogen-bond donors (Lipinski definition) is 0. The smallest absolute Gasteiger partial charge is 0.310 e. The first kappa shape index (κ1) is 46.3. The van der Waals surface area contributed by atoms with Gasteiger partial charge >= 0.3 is 17.9 Å². The molecule has 0 aliphatic carbocycles. The Kier molecular flexibility index (Phi) is 30.7. The highest BCUT2D eigenvalue weighted by Gasteiger charge is 2.33. The molecule has 1 amide bonds. The van der Waals surface area contributed by atoms with Gasteiger partial charge in [0.25, 0.3) is 5.91 Å². The molecule has 9 heteroatoms. The number of esters is 3. The second-order valence-corrected chi connectivity index (χ2v) is 13.4. The van der Waals surface area contributed by atoms with Crippen molar-refractivity contribution < 1.29 is 33.4 Å². The zero-order valence-corrected chi connectivity index (χ0v) is 32.2. The summed E-state index contributed by atoms with van der Waals surface area (Å²) < 4.78 is 16.5. The first-order chi connectivity index (χ1) is 23.7. The van der Waals surface area contributed by atoms with E-state index in [-0.39, 0.29) is 32.0 Å². The summed E-state index contributed by atoms with van der Waals surface area (Å²) in [6.07, 6.45) is 25.3. The summed E-state index contributed by atoms with van der Waals surface area (Å²) in [5.41, 5.74) is 0. The fourth-order valence-electron chi connectivity index (χ4n) is 5.27. The molecular weight excluding hydrogens is 620 g/mol. The predicted molar refractivity (Wildman–Crippen MR) is 199 cm³/mol. The van der Waals surface area contributed by atoms with Gasteiger partial charge < -0.3 is 24.0 Å². The first-order valence-corrected chi connectivity index (χ1v) is 19.4. The lowest BCUT2D eigenvalue weighted by molar-refractivity contribution is -0.167. The number of nitrogens with zero attached hydrogens (tertiary/aromatic N) is 2. The summed E-state index contributed by atoms with van der Waals surface area (Å²) in [6, 6.07) is -0.458. The van der Waals surface area contributed by atoms with Gasteiger partial charge in [0.1, 0.15) is 6.61 Å². The van der Waals surface area contributed by atoms with E-state index < -0.39 is 30.0 Å². The highest BCUT2D eigenvalue weighted by molar-refractivity contribution is 5.88. The number of ether oxygens (including phenoxy) is 3. The second kappa shape index (κ2) is 32.5. The summed E-state index contributed by atoms with van der Waals surface area (Å²) in [7, 11) is 3.91. The zero-order chi connectivity index (χ0) is 36.5. The number of allylic oxidation sites excluding steroid dienone is 4. The van der Waals surface area contributed by atoms with Crippen molar-refractivity contribution in [2.75, 3.05) is 40.4 Å². The second-order valence-electron chi connectivity index (χ2n) is 13.4. The summed E-state index contributed by atoms with van der Waals surface area (Å²) in [4.78, 5) is 55.1. The fraction of sp³-hybridized carbons (Fsp3) is 0.800. The first-order valence-electron chi connectivity index (χ1n) is 19.4. The van der Waals surface area contributed by atoms with Gasteiger partial charge in [0.2, 0.25) is 0 Å². The molecule has 9 nitrogen and oxygen atoms in total. The molecule has 0 bridgehead atoms. The lowest BCUT2D eigenvalue weighted by atomic mass is 10.1. The molecule has 0 aromatic carbocycles. The van der Waals surface area contributed by atoms with E-state index in [1.807, 2.05) is 32.8 Å². The van der Waals surface area contributed by atoms with Gasteiger partial charge in [0.05, 0.1) is 19.1 Å². The number of carbonyl (C=O) groups is 4. The van der Waals surface area contributed by atoms with E-state index in [1.165, 1.54) is 25.7 Å². The maximum Gasteiger partial charge on any atom is 0.310 e. The Balaban J connectivity index is 4.84. The van der Waals surface area contributed by atoms with E-state index in [1.54, 1.807) is 4.90 Å². The highest BCUT2D eigenvalue weighted by atomic mass is 16.6. The Morgan fingerprint density at radius 3 is 1.88 bits per heavy atom. The summed E-state index contributed by atoms with van der Waals surface area (Å²) in [6.45, 7) is 9.42. The van der Waals surface area contributed by atoms with Crippen molar-refractivity contribution in [3.05, 3.63) is 24.3 Å². The van der Waals surface area contributed by atoms with Crippen LogP contribution in [0.5, 0.6) is 0 Å². The molecule has 284 valence electrons. The number of unbranched alkanes of at least 4 members (excludes halogenated alkanes) is 11. The minimum absolute atomic E-state index is 0.0320. The van der Waals surface area contributed by atoms with Crippen LogP contribution in [0.1, 0.15) is 156 Å². The predicted octanol–water partition coefficient (Wildman–Crippen LogP) is 8.74. The van der Waals surface area contributed by atoms with Crippen molar-refractivity contribution in [2.45, 2.75) is 168 Å². The van der Waals surface area contributed by atoms with E-state index in [9.17, 15) is 19.2 Å². The average molecular weight is 693 g/mol. The largest absolute Gasteiger partial charge is 0.466 e. The van der Waals surface area contributed by atoms with Crippen LogP contribution in [0.4, 0.5) is 0 Å². The monoisotopic (exact) mass is 693 g/mol. The minimum atomic E-state index is -1.28. The van der Waals surface area contributed by atoms with Crippen LogP contribution >= 0.6 is 0 Å². The molecule has 1 unspecified atom stereocenters. The number of amides is 1. The number of rotatable bonds is 32. The standard InChI is InChI=1S/C40H72N2O7/c1-7-10-12-14-15-16-17-18-19-20-21-22-23-24-25-29-37(43)48-34-35(4)42(31-27-30-41(5)6)40(46)36(49-38(44)28-9-3)33-39(45)47-32-26-13-11-8-2/h15-16,18-19,35-36H,7-14,17,20-34H2,1-6H3/b16-15-,19-18-/t35?,36-/m0/s1. The fourth-order valence-corrected chi connectivity index (χ4v) is 5.27. The molecule has 0 heterocycles. The molecular formula is C40H72N2O7. The molecule has 0 N–H and O–H groups in total. The van der Waals surface area contributed by atoms with Gasteiger partial charge in [-0.25, -0.2) is 0 Å². The summed E-state index contributed by atoms with van der Waals surface area (Å²) in [5, 5.41) is 0. The summed E-state index contributed by atoms with van der Waals surface area (Å²) in [5.74, 6) is -1.84. The minimum Gasteiger partial charge on any atom is -0.466 e. The maximum absolute atomic E-state index is 13.8. The molecule has 0 saturated carbocycles. The third kappa shape index (κ3) is 27.8. The molecule has 0 spiro atoms. The van der Waals surface area contributed by atoms with Crippen LogP contribution in [0.15, 0.2) is 24.3 Å². The van der Waals surface area contributed by atoms with Gasteiger partial charge in [-0.1, -0.05) is 96.4 Å². The van der Waals surface area contributed by atoms with Gasteiger partial charge in [0.15, 0.2) is 6.10 Å². The summed E-state index contributed by atoms with van der Waals surface area (Å²) >= 11 is 0. The van der Waals surface area contributed by atoms with Crippen LogP contribution in [0, 0.1) is 0 Å². The molecule has 0 aliphatic heterocycles. The van der Waals surface area contributed by atoms with Crippen molar-refractivity contribution >= 4 is 23.8 Å². The van der Waals surface area contributed by atoms with Crippen LogP contribution in [0.3, 0.4) is 0 Å². The van der Waals surface area contributed by atoms with Gasteiger partial charge in [0, 0.05) is 19.4 Å². The topological polar surface area (TPSA) is 102 Å². The van der Waals surface area contributed by atoms with Crippen molar-refractivity contribution in [3.8, 4) is 0 Å². The lowest BCUT2D eigenvalue weighted by Crippen LogP contribution is -2.49. The third-order valence-electron chi connectivity index (χ3n) is 8.25. The lowest BCUT2D eigenvalue weighted by Gasteiger charge is -2.32. The molecule has 0 rings (SSSR count). The Hall–Kier alpha value is -2.68. The zero-order valence-electron chi connectivity index (χ0n) is 32.2. The Bertz CT molecular complexity index is 918. The Morgan fingerprint density at radius 1 is 0.612 bits per heavy atom. The van der Waals surface area contributed by atoms with Crippen LogP contribution in [0.2, 0.25) is 0 Å². The maximum atomic E-state index is 13.8. The van der Waals surface area contributed by atoms with E-state index >= 15 is 0 Å². The van der Waals surface area contributed by atoms with Crippen LogP contribution in [-0.2, 0) is 33.4 Å². The van der Waals surface area contributed by atoms with Gasteiger partial charge in [-0.3, -0.25) is 19.2 Å². The van der Waals surface area contributed by atoms with Crippen molar-refractivity contribution in [3.63, 3.8) is 0 Å². The van der Waals surface area contributed by atoms with Gasteiger partial charge in [-0.15, -0.1) is 0 Å². The molecule has 2 atom stereocenters. The van der Waals surface area contributed by atoms with Crippen LogP contribution in [0.25, 0.3) is 0 Å². The molecule has 0 aromatic rings. The molecule has 0 fully saturated rings. The SMILES string of the molecule is CCCCC/C=C\C/C=C\CCCCCCCC(=O)OCC(C)N(CCCN(C)C)C(=O)[C@H](CC(=O)OCCCCCC)OC(=O)CCC. The Morgan fingerprint density at radius 2 is 1.22 bits per heavy atom. The Labute approximate surface area is 299 Å². The van der Waals surface area contributed by atoms with Crippen molar-refractivity contribution in [2.24, 2.45) is 0 Å². The van der Waals surface area contributed by atoms with Gasteiger partial charge in [-0.05, 0) is 85.4 Å². The number of hydrogen-bond acceptors (Lipinski definition) is 8.